The van der Waals surface area contributed by atoms with E-state index in [9.17, 15) is 4.79 Å². The molecule has 0 aliphatic heterocycles. The molecular weight excluding hydrogens is 216 g/mol. The number of hydrogen-bond acceptors (Lipinski definition) is 3. The number of ether oxygens (including phenoxy) is 1. The fraction of sp³-hybridized carbons (Fsp3) is 0.462. The molecule has 0 aromatic heterocycles. The van der Waals surface area contributed by atoms with Crippen molar-refractivity contribution < 1.29 is 9.53 Å². The number of rotatable bonds is 4. The first kappa shape index (κ1) is 13.5. The smallest absolute Gasteiger partial charge is 0.234 e. The van der Waals surface area contributed by atoms with E-state index in [4.69, 9.17) is 10.5 Å². The monoisotopic (exact) mass is 236 g/mol. The van der Waals surface area contributed by atoms with Gasteiger partial charge in [-0.3, -0.25) is 4.79 Å². The van der Waals surface area contributed by atoms with Gasteiger partial charge >= 0.3 is 0 Å². The Kier molecular flexibility index (Phi) is 4.52. The number of carbonyl (C=O) groups excluding carboxylic acids is 1. The molecule has 0 aliphatic carbocycles. The molecule has 4 nitrogen and oxygen atoms in total. The summed E-state index contributed by atoms with van der Waals surface area (Å²) in [5.41, 5.74) is 8.53. The van der Waals surface area contributed by atoms with Gasteiger partial charge in [-0.25, -0.2) is 0 Å². The highest BCUT2D eigenvalue weighted by molar-refractivity contribution is 5.78. The van der Waals surface area contributed by atoms with Gasteiger partial charge in [0.05, 0.1) is 19.7 Å². The summed E-state index contributed by atoms with van der Waals surface area (Å²) in [6, 6.07) is 3.93. The Labute approximate surface area is 102 Å². The lowest BCUT2D eigenvalue weighted by atomic mass is 9.98. The van der Waals surface area contributed by atoms with Gasteiger partial charge in [0.2, 0.25) is 5.91 Å². The van der Waals surface area contributed by atoms with Gasteiger partial charge in [0.1, 0.15) is 5.75 Å². The highest BCUT2D eigenvalue weighted by Gasteiger charge is 2.16. The van der Waals surface area contributed by atoms with Crippen molar-refractivity contribution in [3.05, 3.63) is 28.8 Å². The molecule has 1 unspecified atom stereocenters. The van der Waals surface area contributed by atoms with Crippen molar-refractivity contribution in [3.8, 4) is 5.75 Å². The van der Waals surface area contributed by atoms with E-state index in [2.05, 4.69) is 11.4 Å². The van der Waals surface area contributed by atoms with Crippen LogP contribution in [-0.2, 0) is 4.79 Å². The summed E-state index contributed by atoms with van der Waals surface area (Å²) in [5, 5.41) is 2.84. The molecule has 0 bridgehead atoms. The highest BCUT2D eigenvalue weighted by atomic mass is 16.5. The second-order valence-electron chi connectivity index (χ2n) is 4.19. The number of amides is 1. The van der Waals surface area contributed by atoms with Crippen molar-refractivity contribution in [2.24, 2.45) is 5.73 Å². The zero-order valence-corrected chi connectivity index (χ0v) is 10.8. The van der Waals surface area contributed by atoms with Gasteiger partial charge in [-0.1, -0.05) is 6.07 Å². The van der Waals surface area contributed by atoms with Crippen LogP contribution >= 0.6 is 0 Å². The van der Waals surface area contributed by atoms with Crippen LogP contribution in [0.15, 0.2) is 12.1 Å². The average Bonchev–Trinajstić information content (AvgIpc) is 2.27. The van der Waals surface area contributed by atoms with Gasteiger partial charge in [-0.15, -0.1) is 0 Å². The van der Waals surface area contributed by atoms with E-state index in [-0.39, 0.29) is 18.5 Å². The molecule has 17 heavy (non-hydrogen) atoms. The third-order valence-corrected chi connectivity index (χ3v) is 2.71. The third-order valence-electron chi connectivity index (χ3n) is 2.71. The first-order chi connectivity index (χ1) is 7.99. The summed E-state index contributed by atoms with van der Waals surface area (Å²) in [5.74, 6) is 0.631. The van der Waals surface area contributed by atoms with Crippen molar-refractivity contribution in [2.45, 2.75) is 26.8 Å². The SMILES string of the molecule is COc1cc(C)cc(C)c1C(C)NC(=O)CN. The minimum absolute atomic E-state index is 0.00242. The Hall–Kier alpha value is -1.55. The van der Waals surface area contributed by atoms with E-state index in [1.807, 2.05) is 26.8 Å². The number of benzene rings is 1. The topological polar surface area (TPSA) is 64.3 Å². The van der Waals surface area contributed by atoms with Crippen molar-refractivity contribution in [3.63, 3.8) is 0 Å². The summed E-state index contributed by atoms with van der Waals surface area (Å²) >= 11 is 0. The number of hydrogen-bond donors (Lipinski definition) is 2. The minimum atomic E-state index is -0.167. The van der Waals surface area contributed by atoms with Gasteiger partial charge in [0.15, 0.2) is 0 Å². The van der Waals surface area contributed by atoms with Gasteiger partial charge in [-0.05, 0) is 38.0 Å². The maximum Gasteiger partial charge on any atom is 0.234 e. The number of nitrogens with two attached hydrogens (primary N) is 1. The molecule has 1 atom stereocenters. The average molecular weight is 236 g/mol. The van der Waals surface area contributed by atoms with Crippen LogP contribution in [0.3, 0.4) is 0 Å². The Morgan fingerprint density at radius 1 is 1.47 bits per heavy atom. The van der Waals surface area contributed by atoms with Crippen molar-refractivity contribution in [1.82, 2.24) is 5.32 Å². The van der Waals surface area contributed by atoms with Gasteiger partial charge < -0.3 is 15.8 Å². The van der Waals surface area contributed by atoms with Crippen molar-refractivity contribution in [2.75, 3.05) is 13.7 Å². The maximum absolute atomic E-state index is 11.3. The van der Waals surface area contributed by atoms with E-state index in [0.717, 1.165) is 22.4 Å². The Morgan fingerprint density at radius 3 is 2.65 bits per heavy atom. The minimum Gasteiger partial charge on any atom is -0.496 e. The number of methoxy groups -OCH3 is 1. The standard InChI is InChI=1S/C13H20N2O2/c1-8-5-9(2)13(11(6-8)17-4)10(3)15-12(16)7-14/h5-6,10H,7,14H2,1-4H3,(H,15,16). The van der Waals surface area contributed by atoms with E-state index in [0.29, 0.717) is 0 Å². The lowest BCUT2D eigenvalue weighted by Crippen LogP contribution is -2.32. The summed E-state index contributed by atoms with van der Waals surface area (Å²) < 4.78 is 5.36. The van der Waals surface area contributed by atoms with Crippen molar-refractivity contribution in [1.29, 1.82) is 0 Å². The van der Waals surface area contributed by atoms with Crippen LogP contribution in [0.4, 0.5) is 0 Å². The Bertz CT molecular complexity index is 416. The molecule has 1 amide bonds. The molecule has 0 saturated heterocycles. The second kappa shape index (κ2) is 5.68. The first-order valence-electron chi connectivity index (χ1n) is 5.64. The van der Waals surface area contributed by atoms with E-state index in [1.54, 1.807) is 7.11 Å². The zero-order valence-electron chi connectivity index (χ0n) is 10.8. The van der Waals surface area contributed by atoms with E-state index in [1.165, 1.54) is 0 Å². The second-order valence-corrected chi connectivity index (χ2v) is 4.19. The molecule has 0 fully saturated rings. The van der Waals surface area contributed by atoms with Crippen LogP contribution in [0.2, 0.25) is 0 Å². The molecule has 0 spiro atoms. The molecule has 3 N–H and O–H groups in total. The number of aryl methyl sites for hydroxylation is 2. The van der Waals surface area contributed by atoms with Gasteiger partial charge in [0.25, 0.3) is 0 Å². The van der Waals surface area contributed by atoms with E-state index < -0.39 is 0 Å². The zero-order chi connectivity index (χ0) is 13.0. The third kappa shape index (κ3) is 3.20. The predicted molar refractivity (Wildman–Crippen MR) is 68.1 cm³/mol. The van der Waals surface area contributed by atoms with Crippen molar-refractivity contribution >= 4 is 5.91 Å². The normalized spacial score (nSPS) is 12.1. The molecule has 4 heteroatoms. The fourth-order valence-electron chi connectivity index (χ4n) is 2.04. The molecule has 0 heterocycles. The molecular formula is C13H20N2O2. The molecule has 0 radical (unpaired) electrons. The molecule has 1 rings (SSSR count). The predicted octanol–water partition coefficient (Wildman–Crippen LogP) is 1.45. The van der Waals surface area contributed by atoms with Crippen LogP contribution in [-0.4, -0.2) is 19.6 Å². The maximum atomic E-state index is 11.3. The first-order valence-corrected chi connectivity index (χ1v) is 5.64. The summed E-state index contributed by atoms with van der Waals surface area (Å²) in [4.78, 5) is 11.3. The Balaban J connectivity index is 3.07. The largest absolute Gasteiger partial charge is 0.496 e. The number of nitrogens with one attached hydrogen (secondary N) is 1. The van der Waals surface area contributed by atoms with Crippen LogP contribution in [0, 0.1) is 13.8 Å². The van der Waals surface area contributed by atoms with E-state index >= 15 is 0 Å². The molecule has 0 aliphatic rings. The van der Waals surface area contributed by atoms with Crippen LogP contribution in [0.1, 0.15) is 29.7 Å². The molecule has 1 aromatic carbocycles. The van der Waals surface area contributed by atoms with Crippen LogP contribution < -0.4 is 15.8 Å². The highest BCUT2D eigenvalue weighted by Crippen LogP contribution is 2.29. The molecule has 1 aromatic rings. The van der Waals surface area contributed by atoms with Gasteiger partial charge in [0, 0.05) is 5.56 Å². The summed E-state index contributed by atoms with van der Waals surface area (Å²) in [7, 11) is 1.63. The summed E-state index contributed by atoms with van der Waals surface area (Å²) in [6.07, 6.45) is 0. The lowest BCUT2D eigenvalue weighted by molar-refractivity contribution is -0.120. The fourth-order valence-corrected chi connectivity index (χ4v) is 2.04. The summed E-state index contributed by atoms with van der Waals surface area (Å²) in [6.45, 7) is 5.95. The Morgan fingerprint density at radius 2 is 2.12 bits per heavy atom. The lowest BCUT2D eigenvalue weighted by Gasteiger charge is -2.20. The van der Waals surface area contributed by atoms with Crippen LogP contribution in [0.25, 0.3) is 0 Å². The van der Waals surface area contributed by atoms with Crippen LogP contribution in [0.5, 0.6) is 5.75 Å². The number of carbonyl (C=O) groups is 1. The molecule has 0 saturated carbocycles. The quantitative estimate of drug-likeness (QED) is 0.831. The van der Waals surface area contributed by atoms with Gasteiger partial charge in [-0.2, -0.15) is 0 Å². The molecule has 94 valence electrons.